The Morgan fingerprint density at radius 3 is 2.56 bits per heavy atom. The highest BCUT2D eigenvalue weighted by Crippen LogP contribution is 1.81. The lowest BCUT2D eigenvalue weighted by molar-refractivity contribution is -0.109. The predicted molar refractivity (Wildman–Crippen MR) is 37.2 cm³/mol. The van der Waals surface area contributed by atoms with Crippen molar-refractivity contribution in [2.75, 3.05) is 20.1 Å². The van der Waals surface area contributed by atoms with Gasteiger partial charge in [0.25, 0.3) is 0 Å². The molecule has 0 unspecified atom stereocenters. The Morgan fingerprint density at radius 2 is 2.00 bits per heavy atom. The second kappa shape index (κ2) is 7.43. The summed E-state index contributed by atoms with van der Waals surface area (Å²) in [6.45, 7) is 1.83. The van der Waals surface area contributed by atoms with Crippen LogP contribution in [0.4, 0.5) is 0 Å². The fourth-order valence-electron chi connectivity index (χ4n) is 0.588. The van der Waals surface area contributed by atoms with E-state index >= 15 is 0 Å². The van der Waals surface area contributed by atoms with Crippen LogP contribution in [-0.2, 0) is 4.79 Å². The van der Waals surface area contributed by atoms with Crippen LogP contribution < -0.4 is 10.6 Å². The van der Waals surface area contributed by atoms with E-state index in [0.717, 1.165) is 32.3 Å². The highest BCUT2D eigenvalue weighted by Gasteiger charge is 1.83. The van der Waals surface area contributed by atoms with Gasteiger partial charge in [-0.25, -0.2) is 0 Å². The molecule has 0 bridgehead atoms. The number of hydrogen-bond donors (Lipinski definition) is 2. The lowest BCUT2D eigenvalue weighted by atomic mass is 10.3. The molecular weight excluding hydrogens is 116 g/mol. The summed E-state index contributed by atoms with van der Waals surface area (Å²) in [7, 11) is 1.92. The summed E-state index contributed by atoms with van der Waals surface area (Å²) in [4.78, 5) is 9.71. The molecule has 0 fully saturated rings. The van der Waals surface area contributed by atoms with Gasteiger partial charge in [0.1, 0.15) is 0 Å². The van der Waals surface area contributed by atoms with Crippen LogP contribution >= 0.6 is 0 Å². The molecule has 0 saturated heterocycles. The molecule has 9 heavy (non-hydrogen) atoms. The second-order valence-corrected chi connectivity index (χ2v) is 1.88. The van der Waals surface area contributed by atoms with E-state index in [4.69, 9.17) is 0 Å². The third-order valence-electron chi connectivity index (χ3n) is 1.08. The van der Waals surface area contributed by atoms with Crippen LogP contribution in [0.5, 0.6) is 0 Å². The molecule has 0 aliphatic carbocycles. The van der Waals surface area contributed by atoms with Crippen molar-refractivity contribution in [1.29, 1.82) is 0 Å². The van der Waals surface area contributed by atoms with Crippen LogP contribution in [-0.4, -0.2) is 26.5 Å². The number of nitrogens with one attached hydrogen (secondary N) is 2. The fraction of sp³-hybridized carbons (Fsp3) is 0.833. The van der Waals surface area contributed by atoms with Gasteiger partial charge in [-0.15, -0.1) is 0 Å². The Bertz CT molecular complexity index is 66.1. The molecule has 0 radical (unpaired) electrons. The molecule has 0 aliphatic heterocycles. The van der Waals surface area contributed by atoms with E-state index in [-0.39, 0.29) is 0 Å². The van der Waals surface area contributed by atoms with Crippen molar-refractivity contribution in [3.63, 3.8) is 0 Å². The van der Waals surface area contributed by atoms with Gasteiger partial charge in [-0.05, 0) is 26.4 Å². The Balaban J connectivity index is 2.66. The summed E-state index contributed by atoms with van der Waals surface area (Å²) in [5.74, 6) is 0. The molecule has 3 nitrogen and oxygen atoms in total. The number of hydrogen-bond acceptors (Lipinski definition) is 2. The van der Waals surface area contributed by atoms with E-state index in [1.54, 1.807) is 0 Å². The summed E-state index contributed by atoms with van der Waals surface area (Å²) >= 11 is 0. The molecule has 0 heterocycles. The molecule has 0 aliphatic rings. The zero-order valence-corrected chi connectivity index (χ0v) is 5.81. The van der Waals surface area contributed by atoms with Gasteiger partial charge in [0.05, 0.1) is 0 Å². The van der Waals surface area contributed by atoms with E-state index < -0.39 is 0 Å². The monoisotopic (exact) mass is 130 g/mol. The lowest BCUT2D eigenvalue weighted by Gasteiger charge is -1.97. The first-order valence-corrected chi connectivity index (χ1v) is 3.23. The maximum absolute atomic E-state index is 9.71. The average Bonchev–Trinajstić information content (AvgIpc) is 1.89. The molecule has 0 atom stereocenters. The molecule has 0 spiro atoms. The first kappa shape index (κ1) is 8.43. The molecule has 1 amide bonds. The fourth-order valence-corrected chi connectivity index (χ4v) is 0.588. The van der Waals surface area contributed by atoms with Crippen molar-refractivity contribution in [2.45, 2.75) is 12.8 Å². The molecule has 3 heteroatoms. The number of unbranched alkanes of at least 4 members (excludes halogenated alkanes) is 1. The lowest BCUT2D eigenvalue weighted by Crippen LogP contribution is -2.14. The zero-order chi connectivity index (χ0) is 6.95. The first-order chi connectivity index (χ1) is 4.41. The van der Waals surface area contributed by atoms with Crippen LogP contribution in [0.1, 0.15) is 12.8 Å². The zero-order valence-electron chi connectivity index (χ0n) is 5.81. The van der Waals surface area contributed by atoms with Gasteiger partial charge in [-0.3, -0.25) is 4.79 Å². The Morgan fingerprint density at radius 1 is 1.33 bits per heavy atom. The highest BCUT2D eigenvalue weighted by atomic mass is 16.1. The van der Waals surface area contributed by atoms with Crippen molar-refractivity contribution in [3.05, 3.63) is 0 Å². The first-order valence-electron chi connectivity index (χ1n) is 3.23. The van der Waals surface area contributed by atoms with Crippen molar-refractivity contribution in [1.82, 2.24) is 10.6 Å². The smallest absolute Gasteiger partial charge is 0.207 e. The summed E-state index contributed by atoms with van der Waals surface area (Å²) in [5.41, 5.74) is 0. The summed E-state index contributed by atoms with van der Waals surface area (Å²) in [6, 6.07) is 0. The SMILES string of the molecule is CNCCCCNC=O. The average molecular weight is 130 g/mol. The minimum atomic E-state index is 0.735. The van der Waals surface area contributed by atoms with E-state index in [9.17, 15) is 4.79 Å². The predicted octanol–water partition coefficient (Wildman–Crippen LogP) is -0.268. The van der Waals surface area contributed by atoms with Gasteiger partial charge < -0.3 is 10.6 Å². The Hall–Kier alpha value is -0.570. The summed E-state index contributed by atoms with van der Waals surface area (Å²) < 4.78 is 0. The molecule has 54 valence electrons. The Kier molecular flexibility index (Phi) is 6.96. The molecule has 0 aromatic carbocycles. The maximum atomic E-state index is 9.71. The standard InChI is InChI=1S/C6H14N2O/c1-7-4-2-3-5-8-6-9/h6-7H,2-5H2,1H3,(H,8,9). The van der Waals surface area contributed by atoms with Crippen LogP contribution in [0.2, 0.25) is 0 Å². The number of carbonyl (C=O) groups is 1. The summed E-state index contributed by atoms with van der Waals surface area (Å²) in [6.07, 6.45) is 2.91. The number of rotatable bonds is 6. The van der Waals surface area contributed by atoms with Gasteiger partial charge in [0.2, 0.25) is 6.41 Å². The Labute approximate surface area is 55.8 Å². The molecule has 0 aromatic heterocycles. The minimum absolute atomic E-state index is 0.735. The topological polar surface area (TPSA) is 41.1 Å². The van der Waals surface area contributed by atoms with E-state index in [1.165, 1.54) is 0 Å². The van der Waals surface area contributed by atoms with Crippen molar-refractivity contribution in [3.8, 4) is 0 Å². The largest absolute Gasteiger partial charge is 0.359 e. The molecule has 0 rings (SSSR count). The normalized spacial score (nSPS) is 9.00. The van der Waals surface area contributed by atoms with Crippen LogP contribution in [0.15, 0.2) is 0 Å². The van der Waals surface area contributed by atoms with E-state index in [0.29, 0.717) is 0 Å². The highest BCUT2D eigenvalue weighted by molar-refractivity contribution is 5.45. The van der Waals surface area contributed by atoms with E-state index in [2.05, 4.69) is 10.6 Å². The molecule has 2 N–H and O–H groups in total. The van der Waals surface area contributed by atoms with Crippen molar-refractivity contribution >= 4 is 6.41 Å². The van der Waals surface area contributed by atoms with Crippen LogP contribution in [0, 0.1) is 0 Å². The van der Waals surface area contributed by atoms with Crippen molar-refractivity contribution < 1.29 is 4.79 Å². The second-order valence-electron chi connectivity index (χ2n) is 1.88. The van der Waals surface area contributed by atoms with Crippen molar-refractivity contribution in [2.24, 2.45) is 0 Å². The maximum Gasteiger partial charge on any atom is 0.207 e. The number of amides is 1. The number of carbonyl (C=O) groups excluding carboxylic acids is 1. The quantitative estimate of drug-likeness (QED) is 0.384. The van der Waals surface area contributed by atoms with Gasteiger partial charge in [0, 0.05) is 6.54 Å². The molecular formula is C6H14N2O. The van der Waals surface area contributed by atoms with Crippen LogP contribution in [0.3, 0.4) is 0 Å². The minimum Gasteiger partial charge on any atom is -0.359 e. The van der Waals surface area contributed by atoms with Crippen LogP contribution in [0.25, 0.3) is 0 Å². The third-order valence-corrected chi connectivity index (χ3v) is 1.08. The van der Waals surface area contributed by atoms with Gasteiger partial charge in [0.15, 0.2) is 0 Å². The van der Waals surface area contributed by atoms with Gasteiger partial charge in [-0.1, -0.05) is 0 Å². The van der Waals surface area contributed by atoms with Gasteiger partial charge in [-0.2, -0.15) is 0 Å². The molecule has 0 saturated carbocycles. The molecule has 0 aromatic rings. The van der Waals surface area contributed by atoms with Gasteiger partial charge >= 0.3 is 0 Å². The summed E-state index contributed by atoms with van der Waals surface area (Å²) in [5, 5.41) is 5.63. The van der Waals surface area contributed by atoms with E-state index in [1.807, 2.05) is 7.05 Å². The third kappa shape index (κ3) is 7.43.